The molecule has 0 radical (unpaired) electrons. The molecule has 23 heavy (non-hydrogen) atoms. The molecule has 0 N–H and O–H groups in total. The van der Waals surface area contributed by atoms with E-state index in [-0.39, 0.29) is 12.2 Å². The third-order valence-electron chi connectivity index (χ3n) is 3.45. The van der Waals surface area contributed by atoms with Crippen molar-refractivity contribution in [3.8, 4) is 11.5 Å². The van der Waals surface area contributed by atoms with Crippen LogP contribution in [0.15, 0.2) is 54.6 Å². The van der Waals surface area contributed by atoms with Crippen molar-refractivity contribution in [3.05, 3.63) is 70.8 Å². The fraction of sp³-hybridized carbons (Fsp3) is 0.211. The molecule has 3 nitrogen and oxygen atoms in total. The lowest BCUT2D eigenvalue weighted by molar-refractivity contribution is -0.114. The van der Waals surface area contributed by atoms with Gasteiger partial charge in [0.2, 0.25) is 0 Å². The number of methoxy groups -OCH3 is 2. The molecule has 4 heteroatoms. The number of rotatable bonds is 7. The summed E-state index contributed by atoms with van der Waals surface area (Å²) in [7, 11) is 3.16. The third kappa shape index (κ3) is 4.86. The van der Waals surface area contributed by atoms with Crippen molar-refractivity contribution in [2.75, 3.05) is 14.2 Å². The summed E-state index contributed by atoms with van der Waals surface area (Å²) in [6.07, 6.45) is 4.38. The van der Waals surface area contributed by atoms with Crippen molar-refractivity contribution in [2.45, 2.75) is 12.8 Å². The quantitative estimate of drug-likeness (QED) is 0.711. The van der Waals surface area contributed by atoms with Crippen LogP contribution in [0.4, 0.5) is 0 Å². The van der Waals surface area contributed by atoms with Crippen LogP contribution in [0, 0.1) is 0 Å². The van der Waals surface area contributed by atoms with Gasteiger partial charge in [0.15, 0.2) is 5.78 Å². The molecule has 0 aliphatic carbocycles. The van der Waals surface area contributed by atoms with E-state index >= 15 is 0 Å². The van der Waals surface area contributed by atoms with Crippen LogP contribution < -0.4 is 9.47 Å². The number of carbonyl (C=O) groups excluding carboxylic acids is 1. The first-order valence-corrected chi connectivity index (χ1v) is 7.65. The molecule has 0 unspecified atom stereocenters. The number of hydrogen-bond donors (Lipinski definition) is 0. The summed E-state index contributed by atoms with van der Waals surface area (Å²) in [5.41, 5.74) is 1.87. The molecular weight excluding hydrogens is 312 g/mol. The second-order valence-electron chi connectivity index (χ2n) is 5.02. The number of carbonyl (C=O) groups is 1. The molecule has 0 fully saturated rings. The Kier molecular flexibility index (Phi) is 6.24. The first kappa shape index (κ1) is 17.1. The van der Waals surface area contributed by atoms with Crippen molar-refractivity contribution in [1.82, 2.24) is 0 Å². The highest BCUT2D eigenvalue weighted by Crippen LogP contribution is 2.28. The minimum absolute atomic E-state index is 0.00163. The zero-order valence-electron chi connectivity index (χ0n) is 13.2. The summed E-state index contributed by atoms with van der Waals surface area (Å²) < 4.78 is 10.6. The van der Waals surface area contributed by atoms with E-state index in [0.29, 0.717) is 22.9 Å². The summed E-state index contributed by atoms with van der Waals surface area (Å²) in [6, 6.07) is 13.0. The molecule has 0 aliphatic rings. The van der Waals surface area contributed by atoms with Crippen LogP contribution in [-0.2, 0) is 17.6 Å². The van der Waals surface area contributed by atoms with Gasteiger partial charge in [0, 0.05) is 17.0 Å². The smallest absolute Gasteiger partial charge is 0.160 e. The highest BCUT2D eigenvalue weighted by molar-refractivity contribution is 6.30. The molecule has 0 amide bonds. The number of benzene rings is 2. The SMILES string of the molecule is COc1cccc(OC)c1CC(=O)/C=C/Cc1ccc(Cl)cc1. The van der Waals surface area contributed by atoms with Crippen molar-refractivity contribution in [3.63, 3.8) is 0 Å². The largest absolute Gasteiger partial charge is 0.496 e. The van der Waals surface area contributed by atoms with Crippen LogP contribution in [0.5, 0.6) is 11.5 Å². The molecule has 0 atom stereocenters. The topological polar surface area (TPSA) is 35.5 Å². The Morgan fingerprint density at radius 2 is 1.65 bits per heavy atom. The van der Waals surface area contributed by atoms with Gasteiger partial charge in [-0.25, -0.2) is 0 Å². The zero-order chi connectivity index (χ0) is 16.7. The molecule has 0 saturated heterocycles. The minimum Gasteiger partial charge on any atom is -0.496 e. The van der Waals surface area contributed by atoms with Crippen molar-refractivity contribution < 1.29 is 14.3 Å². The Hall–Kier alpha value is -2.26. The number of ketones is 1. The molecular formula is C19H19ClO3. The van der Waals surface area contributed by atoms with Gasteiger partial charge in [-0.05, 0) is 42.3 Å². The molecule has 2 rings (SSSR count). The molecule has 0 saturated carbocycles. The second-order valence-corrected chi connectivity index (χ2v) is 5.45. The average molecular weight is 331 g/mol. The highest BCUT2D eigenvalue weighted by atomic mass is 35.5. The lowest BCUT2D eigenvalue weighted by atomic mass is 10.1. The van der Waals surface area contributed by atoms with Crippen LogP contribution in [0.1, 0.15) is 11.1 Å². The van der Waals surface area contributed by atoms with Gasteiger partial charge >= 0.3 is 0 Å². The molecule has 0 bridgehead atoms. The zero-order valence-corrected chi connectivity index (χ0v) is 14.0. The number of ether oxygens (including phenoxy) is 2. The molecule has 2 aromatic carbocycles. The van der Waals surface area contributed by atoms with Crippen molar-refractivity contribution in [1.29, 1.82) is 0 Å². The summed E-state index contributed by atoms with van der Waals surface area (Å²) in [5.74, 6) is 1.31. The Labute approximate surface area is 141 Å². The van der Waals surface area contributed by atoms with Gasteiger partial charge < -0.3 is 9.47 Å². The summed E-state index contributed by atoms with van der Waals surface area (Å²) in [6.45, 7) is 0. The van der Waals surface area contributed by atoms with Gasteiger partial charge in [0.25, 0.3) is 0 Å². The Bertz CT molecular complexity index is 668. The van der Waals surface area contributed by atoms with Gasteiger partial charge in [-0.2, -0.15) is 0 Å². The minimum atomic E-state index is 0.00163. The van der Waals surface area contributed by atoms with E-state index in [1.54, 1.807) is 20.3 Å². The molecule has 0 aromatic heterocycles. The predicted molar refractivity (Wildman–Crippen MR) is 92.6 cm³/mol. The van der Waals surface area contributed by atoms with Crippen LogP contribution in [0.3, 0.4) is 0 Å². The monoisotopic (exact) mass is 330 g/mol. The van der Waals surface area contributed by atoms with Gasteiger partial charge in [0.1, 0.15) is 11.5 Å². The van der Waals surface area contributed by atoms with Gasteiger partial charge in [-0.3, -0.25) is 4.79 Å². The van der Waals surface area contributed by atoms with E-state index in [1.165, 1.54) is 0 Å². The van der Waals surface area contributed by atoms with E-state index < -0.39 is 0 Å². The van der Waals surface area contributed by atoms with Crippen LogP contribution in [0.25, 0.3) is 0 Å². The van der Waals surface area contributed by atoms with E-state index in [9.17, 15) is 4.79 Å². The standard InChI is InChI=1S/C19H19ClO3/c1-22-18-7-4-8-19(23-2)17(18)13-16(21)6-3-5-14-9-11-15(20)12-10-14/h3-4,6-12H,5,13H2,1-2H3/b6-3+. The Morgan fingerprint density at radius 1 is 1.04 bits per heavy atom. The van der Waals surface area contributed by atoms with E-state index in [2.05, 4.69) is 0 Å². The van der Waals surface area contributed by atoms with E-state index in [1.807, 2.05) is 48.5 Å². The fourth-order valence-corrected chi connectivity index (χ4v) is 2.41. The molecule has 0 aliphatic heterocycles. The van der Waals surface area contributed by atoms with E-state index in [4.69, 9.17) is 21.1 Å². The number of hydrogen-bond acceptors (Lipinski definition) is 3. The van der Waals surface area contributed by atoms with Crippen molar-refractivity contribution in [2.24, 2.45) is 0 Å². The lowest BCUT2D eigenvalue weighted by Crippen LogP contribution is -2.03. The highest BCUT2D eigenvalue weighted by Gasteiger charge is 2.12. The van der Waals surface area contributed by atoms with E-state index in [0.717, 1.165) is 11.1 Å². The first-order chi connectivity index (χ1) is 11.1. The maximum absolute atomic E-state index is 12.2. The summed E-state index contributed by atoms with van der Waals surface area (Å²) in [5, 5.41) is 0.706. The normalized spacial score (nSPS) is 10.7. The lowest BCUT2D eigenvalue weighted by Gasteiger charge is -2.11. The number of allylic oxidation sites excluding steroid dienone is 2. The molecule has 0 heterocycles. The van der Waals surface area contributed by atoms with Gasteiger partial charge in [0.05, 0.1) is 14.2 Å². The fourth-order valence-electron chi connectivity index (χ4n) is 2.28. The third-order valence-corrected chi connectivity index (χ3v) is 3.70. The molecule has 2 aromatic rings. The average Bonchev–Trinajstić information content (AvgIpc) is 2.57. The second kappa shape index (κ2) is 8.39. The summed E-state index contributed by atoms with van der Waals surface area (Å²) >= 11 is 5.85. The van der Waals surface area contributed by atoms with Crippen LogP contribution in [-0.4, -0.2) is 20.0 Å². The molecule has 120 valence electrons. The Morgan fingerprint density at radius 3 is 2.22 bits per heavy atom. The number of halogens is 1. The predicted octanol–water partition coefficient (Wildman–Crippen LogP) is 4.27. The Balaban J connectivity index is 2.02. The van der Waals surface area contributed by atoms with Crippen LogP contribution in [0.2, 0.25) is 5.02 Å². The maximum Gasteiger partial charge on any atom is 0.160 e. The van der Waals surface area contributed by atoms with Gasteiger partial charge in [-0.15, -0.1) is 0 Å². The van der Waals surface area contributed by atoms with Crippen molar-refractivity contribution >= 4 is 17.4 Å². The summed E-state index contributed by atoms with van der Waals surface area (Å²) in [4.78, 5) is 12.2. The molecule has 0 spiro atoms. The van der Waals surface area contributed by atoms with Crippen LogP contribution >= 0.6 is 11.6 Å². The maximum atomic E-state index is 12.2. The van der Waals surface area contributed by atoms with Gasteiger partial charge in [-0.1, -0.05) is 35.9 Å². The first-order valence-electron chi connectivity index (χ1n) is 7.27.